The molecule has 0 saturated carbocycles. The van der Waals surface area contributed by atoms with Crippen LogP contribution in [-0.2, 0) is 4.74 Å². The van der Waals surface area contributed by atoms with Crippen molar-refractivity contribution in [3.05, 3.63) is 59.7 Å². The van der Waals surface area contributed by atoms with Crippen LogP contribution in [0.1, 0.15) is 16.4 Å². The number of methoxy groups -OCH3 is 2. The van der Waals surface area contributed by atoms with Gasteiger partial charge in [0.15, 0.2) is 0 Å². The Morgan fingerprint density at radius 1 is 0.923 bits per heavy atom. The first kappa shape index (κ1) is 19.0. The molecule has 138 valence electrons. The summed E-state index contributed by atoms with van der Waals surface area (Å²) in [6, 6.07) is 16.4. The molecule has 1 aliphatic rings. The second-order valence-corrected chi connectivity index (χ2v) is 7.65. The molecule has 0 bridgehead atoms. The number of morpholine rings is 1. The third-order valence-corrected chi connectivity index (χ3v) is 6.11. The van der Waals surface area contributed by atoms with Gasteiger partial charge in [-0.3, -0.25) is 0 Å². The maximum atomic E-state index is 5.73. The highest BCUT2D eigenvalue weighted by molar-refractivity contribution is 8.23. The Morgan fingerprint density at radius 2 is 1.38 bits per heavy atom. The summed E-state index contributed by atoms with van der Waals surface area (Å²) in [5.41, 5.74) is 2.38. The van der Waals surface area contributed by atoms with Gasteiger partial charge in [0.25, 0.3) is 0 Å². The normalized spacial score (nSPS) is 14.3. The quantitative estimate of drug-likeness (QED) is 0.714. The van der Waals surface area contributed by atoms with Crippen LogP contribution in [0.3, 0.4) is 0 Å². The number of thiocarbonyl (C=S) groups is 1. The van der Waals surface area contributed by atoms with Crippen LogP contribution in [0.4, 0.5) is 0 Å². The van der Waals surface area contributed by atoms with E-state index in [1.165, 1.54) is 11.1 Å². The largest absolute Gasteiger partial charge is 0.497 e. The monoisotopic (exact) mass is 389 g/mol. The first-order valence-corrected chi connectivity index (χ1v) is 9.81. The second-order valence-electron chi connectivity index (χ2n) is 5.91. The lowest BCUT2D eigenvalue weighted by molar-refractivity contribution is 0.0702. The van der Waals surface area contributed by atoms with Crippen LogP contribution in [0, 0.1) is 0 Å². The van der Waals surface area contributed by atoms with E-state index in [0.29, 0.717) is 0 Å². The van der Waals surface area contributed by atoms with Gasteiger partial charge in [-0.1, -0.05) is 48.2 Å². The third-order valence-electron chi connectivity index (χ3n) is 4.33. The summed E-state index contributed by atoms with van der Waals surface area (Å²) < 4.78 is 16.9. The predicted octanol–water partition coefficient (Wildman–Crippen LogP) is 4.14. The second kappa shape index (κ2) is 9.26. The minimum absolute atomic E-state index is 0.113. The molecule has 0 spiro atoms. The van der Waals surface area contributed by atoms with Gasteiger partial charge >= 0.3 is 0 Å². The molecule has 2 aromatic rings. The first-order valence-electron chi connectivity index (χ1n) is 8.52. The van der Waals surface area contributed by atoms with Crippen LogP contribution in [-0.4, -0.2) is 49.7 Å². The molecule has 1 aliphatic heterocycles. The van der Waals surface area contributed by atoms with Crippen molar-refractivity contribution in [2.24, 2.45) is 0 Å². The molecule has 26 heavy (non-hydrogen) atoms. The van der Waals surface area contributed by atoms with Crippen molar-refractivity contribution < 1.29 is 14.2 Å². The molecule has 0 N–H and O–H groups in total. The van der Waals surface area contributed by atoms with Gasteiger partial charge in [0.05, 0.1) is 32.7 Å². The highest BCUT2D eigenvalue weighted by Gasteiger charge is 2.22. The molecule has 0 atom stereocenters. The summed E-state index contributed by atoms with van der Waals surface area (Å²) in [5.74, 6) is 1.70. The van der Waals surface area contributed by atoms with E-state index < -0.39 is 0 Å². The average molecular weight is 390 g/mol. The van der Waals surface area contributed by atoms with Gasteiger partial charge < -0.3 is 19.1 Å². The van der Waals surface area contributed by atoms with Crippen molar-refractivity contribution in [3.63, 3.8) is 0 Å². The summed E-state index contributed by atoms with van der Waals surface area (Å²) in [6.07, 6.45) is 0. The fourth-order valence-corrected chi connectivity index (χ4v) is 4.40. The Labute approximate surface area is 164 Å². The van der Waals surface area contributed by atoms with E-state index >= 15 is 0 Å². The number of hydrogen-bond donors (Lipinski definition) is 0. The van der Waals surface area contributed by atoms with Gasteiger partial charge in [0.2, 0.25) is 0 Å². The Kier molecular flexibility index (Phi) is 6.77. The van der Waals surface area contributed by atoms with Crippen molar-refractivity contribution >= 4 is 28.3 Å². The molecule has 4 nitrogen and oxygen atoms in total. The molecule has 0 unspecified atom stereocenters. The van der Waals surface area contributed by atoms with E-state index in [2.05, 4.69) is 29.2 Å². The lowest BCUT2D eigenvalue weighted by Crippen LogP contribution is -2.38. The standard InChI is InChI=1S/C20H23NO3S2/c1-22-17-7-3-15(4-8-17)19(16-5-9-18(23-2)10-6-16)26-20(25)21-11-13-24-14-12-21/h3-10,19H,11-14H2,1-2H3. The summed E-state index contributed by atoms with van der Waals surface area (Å²) in [6.45, 7) is 3.17. The molecular weight excluding hydrogens is 366 g/mol. The summed E-state index contributed by atoms with van der Waals surface area (Å²) in [5, 5.41) is 0.113. The molecule has 1 fully saturated rings. The predicted molar refractivity (Wildman–Crippen MR) is 110 cm³/mol. The van der Waals surface area contributed by atoms with Crippen LogP contribution in [0.5, 0.6) is 11.5 Å². The third kappa shape index (κ3) is 4.69. The number of nitrogens with zero attached hydrogens (tertiary/aromatic N) is 1. The van der Waals surface area contributed by atoms with Crippen molar-refractivity contribution in [2.45, 2.75) is 5.25 Å². The van der Waals surface area contributed by atoms with Crippen molar-refractivity contribution in [1.29, 1.82) is 0 Å². The Morgan fingerprint density at radius 3 is 1.81 bits per heavy atom. The SMILES string of the molecule is COc1ccc(C(SC(=S)N2CCOCC2)c2ccc(OC)cc2)cc1. The van der Waals surface area contributed by atoms with Crippen LogP contribution < -0.4 is 9.47 Å². The van der Waals surface area contributed by atoms with Gasteiger partial charge in [-0.25, -0.2) is 0 Å². The van der Waals surface area contributed by atoms with Crippen molar-refractivity contribution in [2.75, 3.05) is 40.5 Å². The molecule has 2 aromatic carbocycles. The molecule has 6 heteroatoms. The van der Waals surface area contributed by atoms with Gasteiger partial charge in [-0.15, -0.1) is 0 Å². The highest BCUT2D eigenvalue weighted by Crippen LogP contribution is 2.38. The maximum Gasteiger partial charge on any atom is 0.137 e. The fourth-order valence-electron chi connectivity index (χ4n) is 2.81. The summed E-state index contributed by atoms with van der Waals surface area (Å²) >= 11 is 7.44. The minimum Gasteiger partial charge on any atom is -0.497 e. The number of thioether (sulfide) groups is 1. The van der Waals surface area contributed by atoms with Crippen molar-refractivity contribution in [1.82, 2.24) is 4.90 Å². The van der Waals surface area contributed by atoms with Crippen LogP contribution >= 0.6 is 24.0 Å². The smallest absolute Gasteiger partial charge is 0.137 e. The van der Waals surface area contributed by atoms with E-state index in [1.807, 2.05) is 24.3 Å². The van der Waals surface area contributed by atoms with E-state index in [1.54, 1.807) is 26.0 Å². The molecule has 1 saturated heterocycles. The topological polar surface area (TPSA) is 30.9 Å². The Hall–Kier alpha value is -1.76. The van der Waals surface area contributed by atoms with Gasteiger partial charge in [-0.2, -0.15) is 0 Å². The fraction of sp³-hybridized carbons (Fsp3) is 0.350. The van der Waals surface area contributed by atoms with E-state index in [0.717, 1.165) is 42.1 Å². The zero-order chi connectivity index (χ0) is 18.4. The molecule has 3 rings (SSSR count). The Balaban J connectivity index is 1.85. The lowest BCUT2D eigenvalue weighted by atomic mass is 10.0. The van der Waals surface area contributed by atoms with Gasteiger partial charge in [-0.05, 0) is 35.4 Å². The number of rotatable bonds is 5. The number of hydrogen-bond acceptors (Lipinski definition) is 5. The number of ether oxygens (including phenoxy) is 3. The van der Waals surface area contributed by atoms with E-state index in [-0.39, 0.29) is 5.25 Å². The molecule has 0 aliphatic carbocycles. The summed E-state index contributed by atoms with van der Waals surface area (Å²) in [7, 11) is 3.36. The van der Waals surface area contributed by atoms with Crippen LogP contribution in [0.15, 0.2) is 48.5 Å². The summed E-state index contributed by atoms with van der Waals surface area (Å²) in [4.78, 5) is 2.23. The van der Waals surface area contributed by atoms with Crippen LogP contribution in [0.2, 0.25) is 0 Å². The van der Waals surface area contributed by atoms with E-state index in [9.17, 15) is 0 Å². The maximum absolute atomic E-state index is 5.73. The zero-order valence-corrected chi connectivity index (χ0v) is 16.6. The molecule has 1 heterocycles. The van der Waals surface area contributed by atoms with Crippen LogP contribution in [0.25, 0.3) is 0 Å². The lowest BCUT2D eigenvalue weighted by Gasteiger charge is -2.30. The molecule has 0 radical (unpaired) electrons. The number of benzene rings is 2. The minimum atomic E-state index is 0.113. The average Bonchev–Trinajstić information content (AvgIpc) is 2.73. The van der Waals surface area contributed by atoms with Crippen molar-refractivity contribution in [3.8, 4) is 11.5 Å². The molecule has 0 amide bonds. The Bertz CT molecular complexity index is 665. The highest BCUT2D eigenvalue weighted by atomic mass is 32.2. The van der Waals surface area contributed by atoms with E-state index in [4.69, 9.17) is 26.4 Å². The first-order chi connectivity index (χ1) is 12.7. The van der Waals surface area contributed by atoms with Gasteiger partial charge in [0.1, 0.15) is 15.8 Å². The molecule has 0 aromatic heterocycles. The van der Waals surface area contributed by atoms with Gasteiger partial charge in [0, 0.05) is 13.1 Å². The zero-order valence-electron chi connectivity index (χ0n) is 15.0. The molecular formula is C20H23NO3S2.